The van der Waals surface area contributed by atoms with Gasteiger partial charge in [0.1, 0.15) is 6.61 Å². The number of hydrogen-bond acceptors (Lipinski definition) is 3. The highest BCUT2D eigenvalue weighted by atomic mass is 16.5. The van der Waals surface area contributed by atoms with Crippen molar-refractivity contribution in [2.45, 2.75) is 26.9 Å². The molecule has 0 heterocycles. The van der Waals surface area contributed by atoms with Crippen molar-refractivity contribution in [3.63, 3.8) is 0 Å². The lowest BCUT2D eigenvalue weighted by Gasteiger charge is -2.12. The Kier molecular flexibility index (Phi) is 6.45. The Hall–Kier alpha value is -2.02. The molecule has 102 valence electrons. The van der Waals surface area contributed by atoms with Crippen molar-refractivity contribution >= 4 is 6.09 Å². The summed E-state index contributed by atoms with van der Waals surface area (Å²) in [5.41, 5.74) is 0.941. The third-order valence-electron chi connectivity index (χ3n) is 2.64. The summed E-state index contributed by atoms with van der Waals surface area (Å²) >= 11 is 0. The smallest absolute Gasteiger partial charge is 0.407 e. The highest BCUT2D eigenvalue weighted by molar-refractivity contribution is 5.67. The summed E-state index contributed by atoms with van der Waals surface area (Å²) in [5.74, 6) is 0.274. The molecule has 1 rings (SSSR count). The third kappa shape index (κ3) is 6.46. The molecule has 4 nitrogen and oxygen atoms in total. The number of nitrogens with zero attached hydrogens (tertiary/aromatic N) is 1. The molecule has 0 spiro atoms. The van der Waals surface area contributed by atoms with E-state index in [2.05, 4.69) is 25.2 Å². The first-order valence-corrected chi connectivity index (χ1v) is 6.46. The van der Waals surface area contributed by atoms with Crippen molar-refractivity contribution < 1.29 is 9.53 Å². The van der Waals surface area contributed by atoms with Gasteiger partial charge in [-0.3, -0.25) is 0 Å². The zero-order chi connectivity index (χ0) is 14.1. The van der Waals surface area contributed by atoms with Gasteiger partial charge in [0.25, 0.3) is 0 Å². The Morgan fingerprint density at radius 3 is 2.63 bits per heavy atom. The van der Waals surface area contributed by atoms with Gasteiger partial charge in [-0.2, -0.15) is 5.26 Å². The van der Waals surface area contributed by atoms with E-state index in [0.29, 0.717) is 12.5 Å². The first-order valence-electron chi connectivity index (χ1n) is 6.46. The van der Waals surface area contributed by atoms with Gasteiger partial charge in [0.15, 0.2) is 0 Å². The molecule has 1 N–H and O–H groups in total. The fourth-order valence-electron chi connectivity index (χ4n) is 1.73. The van der Waals surface area contributed by atoms with E-state index in [4.69, 9.17) is 10.00 Å². The number of ether oxygens (including phenoxy) is 1. The minimum atomic E-state index is -0.479. The number of carbonyl (C=O) groups is 1. The number of rotatable bonds is 6. The molecule has 19 heavy (non-hydrogen) atoms. The molecule has 0 fully saturated rings. The number of alkyl carbamates (subject to hydrolysis) is 1. The number of amides is 1. The van der Waals surface area contributed by atoms with Crippen molar-refractivity contribution in [3.05, 3.63) is 35.9 Å². The fourth-order valence-corrected chi connectivity index (χ4v) is 1.73. The minimum absolute atomic E-state index is 0.163. The topological polar surface area (TPSA) is 62.1 Å². The van der Waals surface area contributed by atoms with E-state index >= 15 is 0 Å². The highest BCUT2D eigenvalue weighted by Gasteiger charge is 2.11. The van der Waals surface area contributed by atoms with Crippen LogP contribution in [0.25, 0.3) is 0 Å². The Labute approximate surface area is 114 Å². The fraction of sp³-hybridized carbons (Fsp3) is 0.467. The lowest BCUT2D eigenvalue weighted by molar-refractivity contribution is 0.138. The van der Waals surface area contributed by atoms with Crippen LogP contribution in [0.3, 0.4) is 0 Å². The number of nitrogens with one attached hydrogen (secondary N) is 1. The van der Waals surface area contributed by atoms with Crippen LogP contribution in [0.2, 0.25) is 0 Å². The molecule has 0 aliphatic carbocycles. The predicted molar refractivity (Wildman–Crippen MR) is 73.2 cm³/mol. The molecule has 1 atom stereocenters. The molecule has 0 saturated carbocycles. The number of nitriles is 1. The maximum Gasteiger partial charge on any atom is 0.407 e. The van der Waals surface area contributed by atoms with Crippen LogP contribution < -0.4 is 5.32 Å². The van der Waals surface area contributed by atoms with Gasteiger partial charge in [-0.05, 0) is 17.9 Å². The molecule has 4 heteroatoms. The molecule has 1 amide bonds. The van der Waals surface area contributed by atoms with Crippen molar-refractivity contribution in [2.75, 3.05) is 6.54 Å². The van der Waals surface area contributed by atoms with E-state index in [1.54, 1.807) is 0 Å². The van der Waals surface area contributed by atoms with E-state index in [1.165, 1.54) is 0 Å². The lowest BCUT2D eigenvalue weighted by Crippen LogP contribution is -2.29. The Morgan fingerprint density at radius 2 is 2.05 bits per heavy atom. The summed E-state index contributed by atoms with van der Waals surface area (Å²) in [5, 5.41) is 11.6. The van der Waals surface area contributed by atoms with Gasteiger partial charge in [-0.1, -0.05) is 44.2 Å². The van der Waals surface area contributed by atoms with E-state index in [9.17, 15) is 4.79 Å². The number of hydrogen-bond donors (Lipinski definition) is 1. The molecular formula is C15H20N2O2. The summed E-state index contributed by atoms with van der Waals surface area (Å²) in [4.78, 5) is 11.5. The molecule has 1 aromatic rings. The maximum atomic E-state index is 11.5. The summed E-state index contributed by atoms with van der Waals surface area (Å²) < 4.78 is 5.07. The molecule has 1 aromatic carbocycles. The summed E-state index contributed by atoms with van der Waals surface area (Å²) in [6.07, 6.45) is 0.294. The van der Waals surface area contributed by atoms with Crippen LogP contribution >= 0.6 is 0 Å². The van der Waals surface area contributed by atoms with E-state index < -0.39 is 6.09 Å². The van der Waals surface area contributed by atoms with Gasteiger partial charge < -0.3 is 10.1 Å². The zero-order valence-corrected chi connectivity index (χ0v) is 11.4. The van der Waals surface area contributed by atoms with Crippen molar-refractivity contribution in [3.8, 4) is 6.07 Å². The minimum Gasteiger partial charge on any atom is -0.445 e. The standard InChI is InChI=1S/C15H20N2O2/c1-12(2)8-14(9-16)10-17-15(18)19-11-13-6-4-3-5-7-13/h3-7,12,14H,8,10-11H2,1-2H3,(H,17,18). The molecule has 0 radical (unpaired) electrons. The predicted octanol–water partition coefficient (Wildman–Crippen LogP) is 3.10. The Balaban J connectivity index is 2.26. The van der Waals surface area contributed by atoms with Gasteiger partial charge in [-0.15, -0.1) is 0 Å². The molecule has 0 aromatic heterocycles. The van der Waals surface area contributed by atoms with Gasteiger partial charge in [0, 0.05) is 6.54 Å². The van der Waals surface area contributed by atoms with Crippen LogP contribution in [0.1, 0.15) is 25.8 Å². The second-order valence-electron chi connectivity index (χ2n) is 4.90. The quantitative estimate of drug-likeness (QED) is 0.854. The number of benzene rings is 1. The van der Waals surface area contributed by atoms with Crippen molar-refractivity contribution in [1.82, 2.24) is 5.32 Å². The zero-order valence-electron chi connectivity index (χ0n) is 11.4. The van der Waals surface area contributed by atoms with Crippen LogP contribution in [-0.2, 0) is 11.3 Å². The normalized spacial score (nSPS) is 11.7. The highest BCUT2D eigenvalue weighted by Crippen LogP contribution is 2.09. The van der Waals surface area contributed by atoms with E-state index in [-0.39, 0.29) is 12.5 Å². The summed E-state index contributed by atoms with van der Waals surface area (Å²) in [7, 11) is 0. The molecule has 0 aliphatic rings. The van der Waals surface area contributed by atoms with Crippen LogP contribution in [0.5, 0.6) is 0 Å². The Morgan fingerprint density at radius 1 is 1.37 bits per heavy atom. The van der Waals surface area contributed by atoms with Crippen LogP contribution in [0.15, 0.2) is 30.3 Å². The van der Waals surface area contributed by atoms with E-state index in [0.717, 1.165) is 12.0 Å². The van der Waals surface area contributed by atoms with Gasteiger partial charge in [-0.25, -0.2) is 4.79 Å². The molecule has 0 saturated heterocycles. The van der Waals surface area contributed by atoms with Crippen LogP contribution in [0.4, 0.5) is 4.79 Å². The van der Waals surface area contributed by atoms with Crippen LogP contribution in [-0.4, -0.2) is 12.6 Å². The molecule has 1 unspecified atom stereocenters. The van der Waals surface area contributed by atoms with Crippen LogP contribution in [0, 0.1) is 23.2 Å². The third-order valence-corrected chi connectivity index (χ3v) is 2.64. The van der Waals surface area contributed by atoms with Crippen molar-refractivity contribution in [1.29, 1.82) is 5.26 Å². The first kappa shape index (κ1) is 15.0. The van der Waals surface area contributed by atoms with E-state index in [1.807, 2.05) is 30.3 Å². The molecule has 0 aliphatic heterocycles. The number of carbonyl (C=O) groups excluding carboxylic acids is 1. The Bertz CT molecular complexity index is 424. The molecule has 0 bridgehead atoms. The summed E-state index contributed by atoms with van der Waals surface area (Å²) in [6.45, 7) is 4.69. The second kappa shape index (κ2) is 8.15. The maximum absolute atomic E-state index is 11.5. The van der Waals surface area contributed by atoms with Gasteiger partial charge in [0.05, 0.1) is 12.0 Å². The summed E-state index contributed by atoms with van der Waals surface area (Å²) in [6, 6.07) is 11.7. The monoisotopic (exact) mass is 260 g/mol. The van der Waals surface area contributed by atoms with Crippen molar-refractivity contribution in [2.24, 2.45) is 11.8 Å². The lowest BCUT2D eigenvalue weighted by atomic mass is 9.98. The van der Waals surface area contributed by atoms with Gasteiger partial charge >= 0.3 is 6.09 Å². The average molecular weight is 260 g/mol. The SMILES string of the molecule is CC(C)CC(C#N)CNC(=O)OCc1ccccc1. The second-order valence-corrected chi connectivity index (χ2v) is 4.90. The first-order chi connectivity index (χ1) is 9.11. The van der Waals surface area contributed by atoms with Gasteiger partial charge in [0.2, 0.25) is 0 Å². The largest absolute Gasteiger partial charge is 0.445 e. The average Bonchev–Trinajstić information content (AvgIpc) is 2.42. The molecular weight excluding hydrogens is 240 g/mol.